The summed E-state index contributed by atoms with van der Waals surface area (Å²) in [6.07, 6.45) is 2.17. The molecule has 0 radical (unpaired) electrons. The summed E-state index contributed by atoms with van der Waals surface area (Å²) in [4.78, 5) is -0.229. The predicted octanol–water partition coefficient (Wildman–Crippen LogP) is 2.99. The Hall–Kier alpha value is -2.84. The lowest BCUT2D eigenvalue weighted by Crippen LogP contribution is -2.35. The van der Waals surface area contributed by atoms with Crippen LogP contribution >= 0.6 is 11.6 Å². The lowest BCUT2D eigenvalue weighted by molar-refractivity contribution is 0.583. The topological polar surface area (TPSA) is 129 Å². The highest BCUT2D eigenvalue weighted by molar-refractivity contribution is 7.88. The fourth-order valence-corrected chi connectivity index (χ4v) is 4.30. The number of sulfonamides is 1. The van der Waals surface area contributed by atoms with Gasteiger partial charge in [0.05, 0.1) is 28.4 Å². The molecule has 0 aliphatic heterocycles. The first-order chi connectivity index (χ1) is 13.7. The second-order valence-corrected chi connectivity index (χ2v) is 9.21. The second-order valence-electron chi connectivity index (χ2n) is 6.05. The van der Waals surface area contributed by atoms with Crippen molar-refractivity contribution in [3.05, 3.63) is 70.3 Å². The fourth-order valence-electron chi connectivity index (χ4n) is 2.78. The molecule has 0 saturated carbocycles. The summed E-state index contributed by atoms with van der Waals surface area (Å²) in [6.45, 7) is 0. The molecule has 0 saturated heterocycles. The van der Waals surface area contributed by atoms with Gasteiger partial charge in [0.25, 0.3) is 0 Å². The Bertz CT molecular complexity index is 1330. The number of halogens is 1. The zero-order valence-electron chi connectivity index (χ0n) is 14.9. The summed E-state index contributed by atoms with van der Waals surface area (Å²) in [5.74, 6) is 0. The third-order valence-corrected chi connectivity index (χ3v) is 5.62. The van der Waals surface area contributed by atoms with Crippen LogP contribution in [0.15, 0.2) is 58.8 Å². The maximum Gasteiger partial charge on any atom is 0.219 e. The first-order valence-corrected chi connectivity index (χ1v) is 11.4. The summed E-state index contributed by atoms with van der Waals surface area (Å²) in [7, 11) is -6.47. The Morgan fingerprint density at radius 1 is 1.17 bits per heavy atom. The molecule has 1 atom stereocenters. The van der Waals surface area contributed by atoms with E-state index in [4.69, 9.17) is 16.9 Å². The van der Waals surface area contributed by atoms with Crippen molar-refractivity contribution in [2.75, 3.05) is 6.26 Å². The third-order valence-electron chi connectivity index (χ3n) is 3.98. The van der Waals surface area contributed by atoms with Crippen molar-refractivity contribution in [1.29, 1.82) is 5.26 Å². The normalized spacial score (nSPS) is 16.2. The van der Waals surface area contributed by atoms with Gasteiger partial charge in [0.1, 0.15) is 11.8 Å². The van der Waals surface area contributed by atoms with Gasteiger partial charge in [0.2, 0.25) is 20.3 Å². The minimum atomic E-state index is -3.73. The van der Waals surface area contributed by atoms with Crippen molar-refractivity contribution in [2.24, 2.45) is 10.2 Å². The minimum Gasteiger partial charge on any atom is -0.213 e. The number of rotatable bonds is 4. The van der Waals surface area contributed by atoms with Gasteiger partial charge in [0.15, 0.2) is 0 Å². The van der Waals surface area contributed by atoms with E-state index < -0.39 is 26.4 Å². The van der Waals surface area contributed by atoms with Gasteiger partial charge in [0, 0.05) is 10.6 Å². The first kappa shape index (κ1) is 20.9. The average Bonchev–Trinajstić information content (AvgIpc) is 2.66. The van der Waals surface area contributed by atoms with Crippen LogP contribution in [0.2, 0.25) is 5.02 Å². The van der Waals surface area contributed by atoms with E-state index in [1.165, 1.54) is 12.1 Å². The highest BCUT2D eigenvalue weighted by Gasteiger charge is 2.30. The number of fused-ring (bicyclic) bond motifs is 1. The molecule has 0 aromatic heterocycles. The number of nitrogens with zero attached hydrogens (tertiary/aromatic N) is 3. The SMILES string of the molecule is CS(=O)(=O)NC1C(=S(=O)=O)C=C(N=Nc2ccccc2C#N)c2ccc(Cl)cc21. The molecule has 8 nitrogen and oxygen atoms in total. The number of azo groups is 1. The summed E-state index contributed by atoms with van der Waals surface area (Å²) in [5, 5.41) is 17.6. The van der Waals surface area contributed by atoms with E-state index in [2.05, 4.69) is 15.0 Å². The molecule has 1 N–H and O–H groups in total. The van der Waals surface area contributed by atoms with E-state index in [1.54, 1.807) is 36.4 Å². The third kappa shape index (κ3) is 4.78. The standard InChI is InChI=1S/C18H13ClN4O4S2/c1-29(26,27)23-18-14-8-12(19)6-7-13(14)16(9-17(18)28(24)25)22-21-15-5-3-2-4-11(15)10-20/h2-9,18,23H,1H3. The van der Waals surface area contributed by atoms with Crippen molar-refractivity contribution >= 4 is 48.2 Å². The molecule has 29 heavy (non-hydrogen) atoms. The molecule has 0 amide bonds. The van der Waals surface area contributed by atoms with Crippen molar-refractivity contribution in [3.8, 4) is 6.07 Å². The van der Waals surface area contributed by atoms with Crippen molar-refractivity contribution in [1.82, 2.24) is 4.72 Å². The molecule has 1 unspecified atom stereocenters. The van der Waals surface area contributed by atoms with Gasteiger partial charge in [-0.3, -0.25) is 0 Å². The molecule has 0 heterocycles. The van der Waals surface area contributed by atoms with Gasteiger partial charge in [-0.25, -0.2) is 13.1 Å². The smallest absolute Gasteiger partial charge is 0.213 e. The number of nitriles is 1. The number of hydrogen-bond acceptors (Lipinski definition) is 7. The monoisotopic (exact) mass is 448 g/mol. The largest absolute Gasteiger partial charge is 0.219 e. The molecule has 0 spiro atoms. The highest BCUT2D eigenvalue weighted by Crippen LogP contribution is 2.35. The van der Waals surface area contributed by atoms with E-state index in [-0.39, 0.29) is 10.6 Å². The Labute approximate surface area is 173 Å². The zero-order valence-corrected chi connectivity index (χ0v) is 17.3. The number of nitrogens with one attached hydrogen (secondary N) is 1. The molecular formula is C18H13ClN4O4S2. The predicted molar refractivity (Wildman–Crippen MR) is 110 cm³/mol. The Morgan fingerprint density at radius 3 is 2.55 bits per heavy atom. The lowest BCUT2D eigenvalue weighted by atomic mass is 9.91. The van der Waals surface area contributed by atoms with Crippen LogP contribution in [0.5, 0.6) is 0 Å². The zero-order chi connectivity index (χ0) is 21.2. The molecule has 0 fully saturated rings. The molecule has 148 valence electrons. The molecule has 3 rings (SSSR count). The quantitative estimate of drug-likeness (QED) is 0.567. The van der Waals surface area contributed by atoms with Crippen LogP contribution in [-0.4, -0.2) is 28.0 Å². The summed E-state index contributed by atoms with van der Waals surface area (Å²) < 4.78 is 49.5. The molecular weight excluding hydrogens is 436 g/mol. The molecule has 11 heteroatoms. The van der Waals surface area contributed by atoms with Crippen molar-refractivity contribution in [3.63, 3.8) is 0 Å². The molecule has 2 aromatic carbocycles. The second kappa shape index (κ2) is 8.26. The molecule has 2 aromatic rings. The Balaban J connectivity index is 2.19. The van der Waals surface area contributed by atoms with Gasteiger partial charge in [-0.15, -0.1) is 10.2 Å². The maximum atomic E-state index is 11.8. The number of benzene rings is 2. The van der Waals surface area contributed by atoms with Gasteiger partial charge in [-0.2, -0.15) is 13.7 Å². The maximum absolute atomic E-state index is 11.8. The van der Waals surface area contributed by atoms with Crippen molar-refractivity contribution < 1.29 is 16.8 Å². The molecule has 1 aliphatic carbocycles. The van der Waals surface area contributed by atoms with Gasteiger partial charge < -0.3 is 0 Å². The van der Waals surface area contributed by atoms with Gasteiger partial charge in [-0.1, -0.05) is 29.8 Å². The summed E-state index contributed by atoms with van der Waals surface area (Å²) in [5.41, 5.74) is 1.59. The van der Waals surface area contributed by atoms with Crippen molar-refractivity contribution in [2.45, 2.75) is 6.04 Å². The summed E-state index contributed by atoms with van der Waals surface area (Å²) >= 11 is 6.05. The van der Waals surface area contributed by atoms with Gasteiger partial charge in [-0.05, 0) is 35.9 Å². The van der Waals surface area contributed by atoms with Crippen LogP contribution in [0.25, 0.3) is 5.70 Å². The van der Waals surface area contributed by atoms with Crippen LogP contribution in [0.3, 0.4) is 0 Å². The van der Waals surface area contributed by atoms with E-state index in [0.29, 0.717) is 27.4 Å². The van der Waals surface area contributed by atoms with E-state index in [1.807, 2.05) is 6.07 Å². The first-order valence-electron chi connectivity index (χ1n) is 8.05. The lowest BCUT2D eigenvalue weighted by Gasteiger charge is -2.24. The molecule has 0 bridgehead atoms. The van der Waals surface area contributed by atoms with Crippen LogP contribution in [0.4, 0.5) is 5.69 Å². The fraction of sp³-hybridized carbons (Fsp3) is 0.111. The van der Waals surface area contributed by atoms with Crippen LogP contribution < -0.4 is 4.72 Å². The van der Waals surface area contributed by atoms with E-state index in [9.17, 15) is 16.8 Å². The Morgan fingerprint density at radius 2 is 1.90 bits per heavy atom. The Kier molecular flexibility index (Phi) is 5.95. The summed E-state index contributed by atoms with van der Waals surface area (Å²) in [6, 6.07) is 12.0. The van der Waals surface area contributed by atoms with E-state index in [0.717, 1.165) is 6.26 Å². The average molecular weight is 449 g/mol. The van der Waals surface area contributed by atoms with Crippen LogP contribution in [0, 0.1) is 11.3 Å². The number of hydrogen-bond donors (Lipinski definition) is 1. The van der Waals surface area contributed by atoms with Crippen LogP contribution in [-0.2, 0) is 20.3 Å². The minimum absolute atomic E-state index is 0.190. The highest BCUT2D eigenvalue weighted by atomic mass is 35.5. The van der Waals surface area contributed by atoms with Gasteiger partial charge >= 0.3 is 0 Å². The molecule has 1 aliphatic rings. The van der Waals surface area contributed by atoms with Crippen LogP contribution in [0.1, 0.15) is 22.7 Å². The van der Waals surface area contributed by atoms with E-state index >= 15 is 0 Å².